The monoisotopic (exact) mass is 434 g/mol. The van der Waals surface area contributed by atoms with Crippen molar-refractivity contribution in [1.82, 2.24) is 9.47 Å². The highest BCUT2D eigenvalue weighted by molar-refractivity contribution is 5.90. The highest BCUT2D eigenvalue weighted by Crippen LogP contribution is 2.34. The number of nitrogens with zero attached hydrogens (tertiary/aromatic N) is 2. The predicted molar refractivity (Wildman–Crippen MR) is 122 cm³/mol. The van der Waals surface area contributed by atoms with Crippen LogP contribution in [0.1, 0.15) is 84.1 Å². The molecule has 1 aromatic carbocycles. The van der Waals surface area contributed by atoms with Gasteiger partial charge in [0.1, 0.15) is 0 Å². The lowest BCUT2D eigenvalue weighted by molar-refractivity contribution is -0.133. The minimum atomic E-state index is -1.15. The fourth-order valence-electron chi connectivity index (χ4n) is 4.56. The third-order valence-corrected chi connectivity index (χ3v) is 6.35. The first kappa shape index (κ1) is 21.9. The Morgan fingerprint density at radius 2 is 1.78 bits per heavy atom. The van der Waals surface area contributed by atoms with Gasteiger partial charge < -0.3 is 19.0 Å². The molecule has 0 radical (unpaired) electrons. The van der Waals surface area contributed by atoms with Gasteiger partial charge in [-0.3, -0.25) is 4.79 Å². The average Bonchev–Trinajstić information content (AvgIpc) is 3.40. The summed E-state index contributed by atoms with van der Waals surface area (Å²) < 4.78 is 7.51. The lowest BCUT2D eigenvalue weighted by atomic mass is 9.94. The summed E-state index contributed by atoms with van der Waals surface area (Å²) in [6, 6.07) is 12.3. The quantitative estimate of drug-likeness (QED) is 0.579. The average molecular weight is 435 g/mol. The highest BCUT2D eigenvalue weighted by atomic mass is 16.4. The maximum absolute atomic E-state index is 13.6. The number of carboxylic acid groups (broad SMARTS) is 1. The van der Waals surface area contributed by atoms with Crippen molar-refractivity contribution in [2.24, 2.45) is 0 Å². The fourth-order valence-corrected chi connectivity index (χ4v) is 4.56. The van der Waals surface area contributed by atoms with Crippen LogP contribution in [-0.2, 0) is 17.8 Å². The summed E-state index contributed by atoms with van der Waals surface area (Å²) in [7, 11) is 0. The van der Waals surface area contributed by atoms with Crippen molar-refractivity contribution in [1.29, 1.82) is 0 Å². The Labute approximate surface area is 188 Å². The van der Waals surface area contributed by atoms with E-state index in [2.05, 4.69) is 48.7 Å². The maximum Gasteiger partial charge on any atom is 0.372 e. The summed E-state index contributed by atoms with van der Waals surface area (Å²) in [4.78, 5) is 27.2. The molecule has 0 saturated heterocycles. The number of rotatable bonds is 6. The topological polar surface area (TPSA) is 75.7 Å². The van der Waals surface area contributed by atoms with Gasteiger partial charge in [-0.15, -0.1) is 0 Å². The standard InChI is InChI=1S/C26H30N2O4/c1-16(2)18-7-9-19(10-8-18)24-22-6-5-11-27(22)12-13-28(24)23(29)14-20-21(17(3)4)15-32-25(20)26(30)31/h5-11,15-17,24H,12-14H2,1-4H3,(H,30,31). The van der Waals surface area contributed by atoms with Crippen LogP contribution in [0, 0.1) is 0 Å². The lowest BCUT2D eigenvalue weighted by Crippen LogP contribution is -2.43. The Kier molecular flexibility index (Phi) is 5.96. The zero-order valence-corrected chi connectivity index (χ0v) is 19.0. The molecule has 0 saturated carbocycles. The van der Waals surface area contributed by atoms with E-state index < -0.39 is 5.97 Å². The number of aromatic carboxylic acids is 1. The van der Waals surface area contributed by atoms with Gasteiger partial charge in [-0.2, -0.15) is 0 Å². The molecule has 1 aliphatic rings. The number of carboxylic acids is 1. The zero-order valence-electron chi connectivity index (χ0n) is 19.0. The van der Waals surface area contributed by atoms with Crippen LogP contribution in [0.25, 0.3) is 0 Å². The van der Waals surface area contributed by atoms with Crippen molar-refractivity contribution >= 4 is 11.9 Å². The summed E-state index contributed by atoms with van der Waals surface area (Å²) in [6.45, 7) is 9.54. The molecule has 0 aliphatic carbocycles. The van der Waals surface area contributed by atoms with Gasteiger partial charge in [-0.25, -0.2) is 4.79 Å². The molecule has 2 aromatic heterocycles. The van der Waals surface area contributed by atoms with Crippen LogP contribution in [0.3, 0.4) is 0 Å². The highest BCUT2D eigenvalue weighted by Gasteiger charge is 2.34. The molecule has 1 N–H and O–H groups in total. The first-order valence-electron chi connectivity index (χ1n) is 11.2. The Morgan fingerprint density at radius 1 is 1.06 bits per heavy atom. The van der Waals surface area contributed by atoms with Crippen molar-refractivity contribution in [2.75, 3.05) is 6.54 Å². The van der Waals surface area contributed by atoms with E-state index >= 15 is 0 Å². The number of hydrogen-bond donors (Lipinski definition) is 1. The molecule has 6 nitrogen and oxygen atoms in total. The van der Waals surface area contributed by atoms with Gasteiger partial charge in [-0.05, 0) is 40.7 Å². The molecule has 168 valence electrons. The van der Waals surface area contributed by atoms with Crippen molar-refractivity contribution in [3.05, 3.63) is 82.6 Å². The molecule has 0 fully saturated rings. The molecule has 4 rings (SSSR count). The van der Waals surface area contributed by atoms with E-state index in [0.29, 0.717) is 24.6 Å². The van der Waals surface area contributed by atoms with E-state index in [0.717, 1.165) is 16.8 Å². The molecular formula is C26H30N2O4. The van der Waals surface area contributed by atoms with E-state index in [9.17, 15) is 14.7 Å². The Hall–Kier alpha value is -3.28. The minimum absolute atomic E-state index is 0.00688. The van der Waals surface area contributed by atoms with Crippen molar-refractivity contribution in [3.8, 4) is 0 Å². The van der Waals surface area contributed by atoms with Crippen molar-refractivity contribution in [2.45, 2.75) is 58.5 Å². The van der Waals surface area contributed by atoms with Crippen LogP contribution in [0.4, 0.5) is 0 Å². The fraction of sp³-hybridized carbons (Fsp3) is 0.385. The second-order valence-corrected chi connectivity index (χ2v) is 9.07. The molecule has 32 heavy (non-hydrogen) atoms. The van der Waals surface area contributed by atoms with E-state index in [-0.39, 0.29) is 30.0 Å². The van der Waals surface area contributed by atoms with Gasteiger partial charge >= 0.3 is 5.97 Å². The second kappa shape index (κ2) is 8.69. The van der Waals surface area contributed by atoms with E-state index in [1.165, 1.54) is 11.8 Å². The Bertz CT molecular complexity index is 1120. The van der Waals surface area contributed by atoms with Gasteiger partial charge in [0.2, 0.25) is 11.7 Å². The second-order valence-electron chi connectivity index (χ2n) is 9.07. The number of hydrogen-bond acceptors (Lipinski definition) is 3. The van der Waals surface area contributed by atoms with Crippen LogP contribution < -0.4 is 0 Å². The van der Waals surface area contributed by atoms with E-state index in [4.69, 9.17) is 4.42 Å². The van der Waals surface area contributed by atoms with Crippen LogP contribution in [0.15, 0.2) is 53.3 Å². The SMILES string of the molecule is CC(C)c1ccc(C2c3cccn3CCN2C(=O)Cc2c(C(C)C)coc2C(=O)O)cc1. The lowest BCUT2D eigenvalue weighted by Gasteiger charge is -2.37. The van der Waals surface area contributed by atoms with Gasteiger partial charge in [0.05, 0.1) is 18.7 Å². The number of carbonyl (C=O) groups is 2. The third-order valence-electron chi connectivity index (χ3n) is 6.35. The smallest absolute Gasteiger partial charge is 0.372 e. The van der Waals surface area contributed by atoms with Crippen LogP contribution in [0.5, 0.6) is 0 Å². The first-order chi connectivity index (χ1) is 15.3. The molecule has 1 atom stereocenters. The third kappa shape index (κ3) is 3.97. The largest absolute Gasteiger partial charge is 0.475 e. The number of furan rings is 1. The van der Waals surface area contributed by atoms with Gasteiger partial charge in [0.15, 0.2) is 0 Å². The molecule has 0 bridgehead atoms. The molecular weight excluding hydrogens is 404 g/mol. The predicted octanol–water partition coefficient (Wildman–Crippen LogP) is 5.20. The molecule has 1 aliphatic heterocycles. The summed E-state index contributed by atoms with van der Waals surface area (Å²) >= 11 is 0. The maximum atomic E-state index is 13.6. The summed E-state index contributed by atoms with van der Waals surface area (Å²) in [6.07, 6.45) is 3.52. The number of fused-ring (bicyclic) bond motifs is 1. The van der Waals surface area contributed by atoms with E-state index in [1.807, 2.05) is 31.0 Å². The zero-order chi connectivity index (χ0) is 23.0. The van der Waals surface area contributed by atoms with Gasteiger partial charge in [0.25, 0.3) is 0 Å². The molecule has 3 aromatic rings. The van der Waals surface area contributed by atoms with Crippen LogP contribution in [-0.4, -0.2) is 33.0 Å². The Balaban J connectivity index is 1.70. The first-order valence-corrected chi connectivity index (χ1v) is 11.2. The van der Waals surface area contributed by atoms with E-state index in [1.54, 1.807) is 0 Å². The molecule has 6 heteroatoms. The molecule has 0 spiro atoms. The summed E-state index contributed by atoms with van der Waals surface area (Å²) in [5.41, 5.74) is 4.62. The number of amides is 1. The Morgan fingerprint density at radius 3 is 2.41 bits per heavy atom. The van der Waals surface area contributed by atoms with Gasteiger partial charge in [0, 0.05) is 30.5 Å². The molecule has 1 amide bonds. The summed E-state index contributed by atoms with van der Waals surface area (Å²) in [5.74, 6) is -0.885. The molecule has 1 unspecified atom stereocenters. The van der Waals surface area contributed by atoms with Crippen molar-refractivity contribution < 1.29 is 19.1 Å². The number of carbonyl (C=O) groups excluding carboxylic acids is 1. The van der Waals surface area contributed by atoms with Crippen LogP contribution in [0.2, 0.25) is 0 Å². The number of aromatic nitrogens is 1. The van der Waals surface area contributed by atoms with Crippen molar-refractivity contribution in [3.63, 3.8) is 0 Å². The van der Waals surface area contributed by atoms with Gasteiger partial charge in [-0.1, -0.05) is 52.0 Å². The number of benzene rings is 1. The van der Waals surface area contributed by atoms with Crippen LogP contribution >= 0.6 is 0 Å². The summed E-state index contributed by atoms with van der Waals surface area (Å²) in [5, 5.41) is 9.57. The minimum Gasteiger partial charge on any atom is -0.475 e. The molecule has 3 heterocycles. The normalized spacial score (nSPS) is 15.9.